The molecule has 0 saturated heterocycles. The zero-order chi connectivity index (χ0) is 11.4. The van der Waals surface area contributed by atoms with E-state index in [0.29, 0.717) is 6.61 Å². The van der Waals surface area contributed by atoms with Crippen LogP contribution in [-0.2, 0) is 22.4 Å². The third kappa shape index (κ3) is 2.43. The van der Waals surface area contributed by atoms with Crippen molar-refractivity contribution >= 4 is 5.97 Å². The van der Waals surface area contributed by atoms with Gasteiger partial charge in [0.05, 0.1) is 12.5 Å². The Hall–Kier alpha value is -1.31. The molecule has 0 bridgehead atoms. The first-order chi connectivity index (χ1) is 7.81. The molecule has 0 heterocycles. The van der Waals surface area contributed by atoms with Crippen LogP contribution in [0.4, 0.5) is 0 Å². The van der Waals surface area contributed by atoms with E-state index < -0.39 is 0 Å². The minimum absolute atomic E-state index is 0.0235. The lowest BCUT2D eigenvalue weighted by atomic mass is 10.1. The number of carbonyl (C=O) groups is 1. The van der Waals surface area contributed by atoms with Gasteiger partial charge < -0.3 is 4.74 Å². The van der Waals surface area contributed by atoms with Crippen LogP contribution in [-0.4, -0.2) is 12.6 Å². The average molecular weight is 218 g/mol. The molecular weight excluding hydrogens is 200 g/mol. The van der Waals surface area contributed by atoms with Crippen molar-refractivity contribution in [1.82, 2.24) is 0 Å². The van der Waals surface area contributed by atoms with Gasteiger partial charge in [-0.1, -0.05) is 37.6 Å². The minimum Gasteiger partial charge on any atom is -0.465 e. The van der Waals surface area contributed by atoms with Gasteiger partial charge >= 0.3 is 5.97 Å². The van der Waals surface area contributed by atoms with Crippen molar-refractivity contribution in [1.29, 1.82) is 0 Å². The van der Waals surface area contributed by atoms with E-state index in [4.69, 9.17) is 4.74 Å². The number of benzene rings is 1. The van der Waals surface area contributed by atoms with Gasteiger partial charge in [0.15, 0.2) is 0 Å². The van der Waals surface area contributed by atoms with Crippen molar-refractivity contribution in [2.24, 2.45) is 5.92 Å². The normalized spacial score (nSPS) is 14.8. The summed E-state index contributed by atoms with van der Waals surface area (Å²) in [5.41, 5.74) is 2.61. The zero-order valence-corrected chi connectivity index (χ0v) is 9.74. The fourth-order valence-corrected chi connectivity index (χ4v) is 2.16. The average Bonchev–Trinajstić information content (AvgIpc) is 2.73. The highest BCUT2D eigenvalue weighted by molar-refractivity contribution is 5.74. The molecule has 0 radical (unpaired) electrons. The SMILES string of the molecule is CCCCOC(=O)C1Cc2ccccc2C1. The van der Waals surface area contributed by atoms with Gasteiger partial charge in [-0.15, -0.1) is 0 Å². The van der Waals surface area contributed by atoms with Crippen molar-refractivity contribution in [2.75, 3.05) is 6.61 Å². The summed E-state index contributed by atoms with van der Waals surface area (Å²) in [4.78, 5) is 11.8. The zero-order valence-electron chi connectivity index (χ0n) is 9.74. The van der Waals surface area contributed by atoms with E-state index in [0.717, 1.165) is 25.7 Å². The number of hydrogen-bond acceptors (Lipinski definition) is 2. The van der Waals surface area contributed by atoms with Crippen molar-refractivity contribution < 1.29 is 9.53 Å². The lowest BCUT2D eigenvalue weighted by Gasteiger charge is -2.08. The highest BCUT2D eigenvalue weighted by Gasteiger charge is 2.27. The Balaban J connectivity index is 1.88. The van der Waals surface area contributed by atoms with Gasteiger partial charge in [0.2, 0.25) is 0 Å². The molecule has 1 aromatic carbocycles. The first kappa shape index (κ1) is 11.2. The Bertz CT molecular complexity index is 346. The third-order valence-corrected chi connectivity index (χ3v) is 3.13. The molecule has 2 rings (SSSR count). The topological polar surface area (TPSA) is 26.3 Å². The molecule has 1 aliphatic carbocycles. The maximum Gasteiger partial charge on any atom is 0.309 e. The second-order valence-electron chi connectivity index (χ2n) is 4.39. The van der Waals surface area contributed by atoms with Crippen LogP contribution >= 0.6 is 0 Å². The summed E-state index contributed by atoms with van der Waals surface area (Å²) in [5.74, 6) is 0.0268. The number of ether oxygens (including phenoxy) is 1. The quantitative estimate of drug-likeness (QED) is 0.573. The number of fused-ring (bicyclic) bond motifs is 1. The van der Waals surface area contributed by atoms with Crippen LogP contribution in [0.5, 0.6) is 0 Å². The summed E-state index contributed by atoms with van der Waals surface area (Å²) in [7, 11) is 0. The molecule has 16 heavy (non-hydrogen) atoms. The van der Waals surface area contributed by atoms with Gasteiger partial charge in [0.25, 0.3) is 0 Å². The van der Waals surface area contributed by atoms with Crippen molar-refractivity contribution in [3.05, 3.63) is 35.4 Å². The number of unbranched alkanes of at least 4 members (excludes halogenated alkanes) is 1. The smallest absolute Gasteiger partial charge is 0.309 e. The van der Waals surface area contributed by atoms with Gasteiger partial charge in [-0.2, -0.15) is 0 Å². The predicted octanol–water partition coefficient (Wildman–Crippen LogP) is 2.74. The monoisotopic (exact) mass is 218 g/mol. The highest BCUT2D eigenvalue weighted by Crippen LogP contribution is 2.27. The summed E-state index contributed by atoms with van der Waals surface area (Å²) in [6, 6.07) is 8.27. The van der Waals surface area contributed by atoms with Gasteiger partial charge in [0.1, 0.15) is 0 Å². The molecule has 0 atom stereocenters. The Morgan fingerprint density at radius 2 is 1.94 bits per heavy atom. The van der Waals surface area contributed by atoms with E-state index >= 15 is 0 Å². The summed E-state index contributed by atoms with van der Waals surface area (Å²) < 4.78 is 5.26. The number of rotatable bonds is 4. The van der Waals surface area contributed by atoms with E-state index in [-0.39, 0.29) is 11.9 Å². The van der Waals surface area contributed by atoms with Crippen molar-refractivity contribution in [2.45, 2.75) is 32.6 Å². The van der Waals surface area contributed by atoms with Gasteiger partial charge in [0, 0.05) is 0 Å². The molecule has 0 fully saturated rings. The highest BCUT2D eigenvalue weighted by atomic mass is 16.5. The van der Waals surface area contributed by atoms with Crippen LogP contribution in [0.2, 0.25) is 0 Å². The molecule has 0 aliphatic heterocycles. The van der Waals surface area contributed by atoms with Crippen LogP contribution in [0.15, 0.2) is 24.3 Å². The first-order valence-corrected chi connectivity index (χ1v) is 6.04. The predicted molar refractivity (Wildman–Crippen MR) is 63.2 cm³/mol. The van der Waals surface area contributed by atoms with E-state index in [1.54, 1.807) is 0 Å². The van der Waals surface area contributed by atoms with Crippen LogP contribution in [0, 0.1) is 5.92 Å². The number of esters is 1. The van der Waals surface area contributed by atoms with E-state index in [9.17, 15) is 4.79 Å². The molecule has 1 aromatic rings. The fourth-order valence-electron chi connectivity index (χ4n) is 2.16. The molecule has 2 nitrogen and oxygen atoms in total. The maximum absolute atomic E-state index is 11.8. The fraction of sp³-hybridized carbons (Fsp3) is 0.500. The summed E-state index contributed by atoms with van der Waals surface area (Å²) in [5, 5.41) is 0. The molecule has 0 saturated carbocycles. The maximum atomic E-state index is 11.8. The molecule has 1 aliphatic rings. The van der Waals surface area contributed by atoms with E-state index in [1.165, 1.54) is 11.1 Å². The largest absolute Gasteiger partial charge is 0.465 e. The van der Waals surface area contributed by atoms with E-state index in [1.807, 2.05) is 12.1 Å². The number of carbonyl (C=O) groups excluding carboxylic acids is 1. The van der Waals surface area contributed by atoms with Crippen molar-refractivity contribution in [3.63, 3.8) is 0 Å². The second-order valence-corrected chi connectivity index (χ2v) is 4.39. The first-order valence-electron chi connectivity index (χ1n) is 6.04. The molecule has 86 valence electrons. The van der Waals surface area contributed by atoms with Crippen LogP contribution in [0.3, 0.4) is 0 Å². The molecule has 0 aromatic heterocycles. The minimum atomic E-state index is -0.0235. The standard InChI is InChI=1S/C14H18O2/c1-2-3-8-16-14(15)13-9-11-6-4-5-7-12(11)10-13/h4-7,13H,2-3,8-10H2,1H3. The number of hydrogen-bond donors (Lipinski definition) is 0. The molecule has 0 amide bonds. The Kier molecular flexibility index (Phi) is 3.60. The molecule has 0 unspecified atom stereocenters. The van der Waals surface area contributed by atoms with Crippen LogP contribution < -0.4 is 0 Å². The third-order valence-electron chi connectivity index (χ3n) is 3.13. The lowest BCUT2D eigenvalue weighted by Crippen LogP contribution is -2.18. The molecular formula is C14H18O2. The Morgan fingerprint density at radius 1 is 1.31 bits per heavy atom. The lowest BCUT2D eigenvalue weighted by molar-refractivity contribution is -0.148. The van der Waals surface area contributed by atoms with Gasteiger partial charge in [-0.05, 0) is 30.4 Å². The molecule has 0 spiro atoms. The van der Waals surface area contributed by atoms with Crippen LogP contribution in [0.25, 0.3) is 0 Å². The molecule has 0 N–H and O–H groups in total. The Morgan fingerprint density at radius 3 is 2.50 bits per heavy atom. The van der Waals surface area contributed by atoms with E-state index in [2.05, 4.69) is 19.1 Å². The van der Waals surface area contributed by atoms with Crippen LogP contribution in [0.1, 0.15) is 30.9 Å². The summed E-state index contributed by atoms with van der Waals surface area (Å²) in [6.45, 7) is 2.67. The van der Waals surface area contributed by atoms with Gasteiger partial charge in [-0.3, -0.25) is 4.79 Å². The Labute approximate surface area is 96.6 Å². The van der Waals surface area contributed by atoms with Gasteiger partial charge in [-0.25, -0.2) is 0 Å². The molecule has 2 heteroatoms. The van der Waals surface area contributed by atoms with Crippen molar-refractivity contribution in [3.8, 4) is 0 Å². The second kappa shape index (κ2) is 5.15. The summed E-state index contributed by atoms with van der Waals surface area (Å²) in [6.07, 6.45) is 3.73. The summed E-state index contributed by atoms with van der Waals surface area (Å²) >= 11 is 0.